The van der Waals surface area contributed by atoms with Gasteiger partial charge in [-0.25, -0.2) is 0 Å². The zero-order valence-electron chi connectivity index (χ0n) is 9.48. The van der Waals surface area contributed by atoms with Gasteiger partial charge in [0, 0.05) is 25.2 Å². The monoisotopic (exact) mass is 218 g/mol. The maximum absolute atomic E-state index is 11.6. The van der Waals surface area contributed by atoms with Crippen molar-refractivity contribution in [1.29, 1.82) is 0 Å². The van der Waals surface area contributed by atoms with Gasteiger partial charge >= 0.3 is 0 Å². The molecule has 1 aliphatic rings. The molecule has 3 heteroatoms. The molecule has 1 aliphatic heterocycles. The number of benzene rings is 1. The van der Waals surface area contributed by atoms with E-state index in [9.17, 15) is 4.79 Å². The van der Waals surface area contributed by atoms with Crippen LogP contribution in [-0.2, 0) is 11.2 Å². The highest BCUT2D eigenvalue weighted by Gasteiger charge is 2.16. The van der Waals surface area contributed by atoms with Crippen LogP contribution in [0.1, 0.15) is 24.8 Å². The van der Waals surface area contributed by atoms with Crippen LogP contribution in [0, 0.1) is 0 Å². The minimum atomic E-state index is 0.307. The molecule has 3 nitrogen and oxygen atoms in total. The Hall–Kier alpha value is -1.51. The number of nitrogens with two attached hydrogens (primary N) is 1. The molecule has 86 valence electrons. The first kappa shape index (κ1) is 11.0. The Morgan fingerprint density at radius 1 is 1.19 bits per heavy atom. The smallest absolute Gasteiger partial charge is 0.222 e. The number of nitrogens with zero attached hydrogens (tertiary/aromatic N) is 1. The van der Waals surface area contributed by atoms with Gasteiger partial charge in [0.1, 0.15) is 0 Å². The zero-order valence-corrected chi connectivity index (χ0v) is 9.48. The highest BCUT2D eigenvalue weighted by Crippen LogP contribution is 2.12. The van der Waals surface area contributed by atoms with Gasteiger partial charge in [-0.05, 0) is 37.0 Å². The molecule has 0 aromatic heterocycles. The molecule has 0 aliphatic carbocycles. The molecule has 1 fully saturated rings. The summed E-state index contributed by atoms with van der Waals surface area (Å²) in [6.07, 6.45) is 3.85. The van der Waals surface area contributed by atoms with Crippen molar-refractivity contribution in [3.8, 4) is 0 Å². The minimum absolute atomic E-state index is 0.307. The maximum Gasteiger partial charge on any atom is 0.222 e. The van der Waals surface area contributed by atoms with E-state index >= 15 is 0 Å². The molecule has 1 aromatic rings. The van der Waals surface area contributed by atoms with Crippen molar-refractivity contribution in [2.24, 2.45) is 0 Å². The lowest BCUT2D eigenvalue weighted by molar-refractivity contribution is -0.133. The highest BCUT2D eigenvalue weighted by molar-refractivity contribution is 5.76. The lowest BCUT2D eigenvalue weighted by atomic mass is 10.1. The molecule has 1 heterocycles. The second-order valence-electron chi connectivity index (χ2n) is 4.33. The highest BCUT2D eigenvalue weighted by atomic mass is 16.2. The zero-order chi connectivity index (χ0) is 11.4. The van der Waals surface area contributed by atoms with E-state index in [0.717, 1.165) is 44.5 Å². The van der Waals surface area contributed by atoms with E-state index in [2.05, 4.69) is 0 Å². The quantitative estimate of drug-likeness (QED) is 0.787. The number of likely N-dealkylation sites (tertiary alicyclic amines) is 1. The van der Waals surface area contributed by atoms with Crippen LogP contribution in [0.3, 0.4) is 0 Å². The molecule has 0 saturated carbocycles. The number of hydrogen-bond donors (Lipinski definition) is 1. The first-order valence-corrected chi connectivity index (χ1v) is 5.88. The number of anilines is 1. The van der Waals surface area contributed by atoms with E-state index < -0.39 is 0 Å². The summed E-state index contributed by atoms with van der Waals surface area (Å²) in [4.78, 5) is 13.5. The van der Waals surface area contributed by atoms with E-state index in [-0.39, 0.29) is 0 Å². The molecule has 0 atom stereocenters. The normalized spacial score (nSPS) is 16.5. The largest absolute Gasteiger partial charge is 0.399 e. The van der Waals surface area contributed by atoms with Gasteiger partial charge in [-0.3, -0.25) is 4.79 Å². The van der Waals surface area contributed by atoms with Crippen molar-refractivity contribution in [2.45, 2.75) is 25.7 Å². The van der Waals surface area contributed by atoms with Crippen LogP contribution in [-0.4, -0.2) is 23.9 Å². The fraction of sp³-hybridized carbons (Fsp3) is 0.462. The summed E-state index contributed by atoms with van der Waals surface area (Å²) in [5.74, 6) is 0.307. The first-order valence-electron chi connectivity index (χ1n) is 5.88. The van der Waals surface area contributed by atoms with Crippen LogP contribution < -0.4 is 5.73 Å². The van der Waals surface area contributed by atoms with Gasteiger partial charge in [-0.15, -0.1) is 0 Å². The number of carbonyl (C=O) groups excluding carboxylic acids is 1. The van der Waals surface area contributed by atoms with E-state index in [0.29, 0.717) is 5.91 Å². The summed E-state index contributed by atoms with van der Waals surface area (Å²) in [7, 11) is 0. The molecular formula is C13H18N2O. The number of nitrogen functional groups attached to an aromatic ring is 1. The van der Waals surface area contributed by atoms with Crippen LogP contribution in [0.4, 0.5) is 5.69 Å². The third-order valence-corrected chi connectivity index (χ3v) is 3.07. The Kier molecular flexibility index (Phi) is 3.44. The van der Waals surface area contributed by atoms with Crippen LogP contribution in [0.2, 0.25) is 0 Å². The molecule has 0 unspecified atom stereocenters. The van der Waals surface area contributed by atoms with Gasteiger partial charge in [-0.1, -0.05) is 12.1 Å². The number of carbonyl (C=O) groups is 1. The average Bonchev–Trinajstić information content (AvgIpc) is 2.30. The fourth-order valence-electron chi connectivity index (χ4n) is 2.05. The van der Waals surface area contributed by atoms with Gasteiger partial charge in [0.25, 0.3) is 0 Å². The first-order chi connectivity index (χ1) is 7.75. The molecule has 2 rings (SSSR count). The molecule has 0 radical (unpaired) electrons. The van der Waals surface area contributed by atoms with Crippen molar-refractivity contribution < 1.29 is 4.79 Å². The second-order valence-corrected chi connectivity index (χ2v) is 4.33. The summed E-state index contributed by atoms with van der Waals surface area (Å²) < 4.78 is 0. The lowest BCUT2D eigenvalue weighted by Gasteiger charge is -2.26. The van der Waals surface area contributed by atoms with Crippen LogP contribution in [0.15, 0.2) is 24.3 Å². The van der Waals surface area contributed by atoms with Crippen LogP contribution >= 0.6 is 0 Å². The number of amides is 1. The van der Waals surface area contributed by atoms with Gasteiger partial charge in [0.2, 0.25) is 5.91 Å². The van der Waals surface area contributed by atoms with Crippen LogP contribution in [0.25, 0.3) is 0 Å². The number of hydrogen-bond acceptors (Lipinski definition) is 2. The SMILES string of the molecule is Nc1ccc(CCN2CCCCC2=O)cc1. The topological polar surface area (TPSA) is 46.3 Å². The Bertz CT molecular complexity index is 359. The van der Waals surface area contributed by atoms with Crippen molar-refractivity contribution in [1.82, 2.24) is 4.90 Å². The van der Waals surface area contributed by atoms with Gasteiger partial charge in [0.15, 0.2) is 0 Å². The summed E-state index contributed by atoms with van der Waals surface area (Å²) in [5, 5.41) is 0. The number of rotatable bonds is 3. The average molecular weight is 218 g/mol. The van der Waals surface area contributed by atoms with Crippen molar-refractivity contribution >= 4 is 11.6 Å². The summed E-state index contributed by atoms with van der Waals surface area (Å²) in [5.41, 5.74) is 7.66. The Balaban J connectivity index is 1.86. The van der Waals surface area contributed by atoms with Crippen molar-refractivity contribution in [2.75, 3.05) is 18.8 Å². The Morgan fingerprint density at radius 2 is 1.94 bits per heavy atom. The van der Waals surface area contributed by atoms with E-state index in [4.69, 9.17) is 5.73 Å². The van der Waals surface area contributed by atoms with Crippen molar-refractivity contribution in [3.63, 3.8) is 0 Å². The van der Waals surface area contributed by atoms with E-state index in [1.807, 2.05) is 29.2 Å². The van der Waals surface area contributed by atoms with Crippen LogP contribution in [0.5, 0.6) is 0 Å². The number of piperidine rings is 1. The summed E-state index contributed by atoms with van der Waals surface area (Å²) in [6, 6.07) is 7.88. The lowest BCUT2D eigenvalue weighted by Crippen LogP contribution is -2.36. The fourth-order valence-corrected chi connectivity index (χ4v) is 2.05. The van der Waals surface area contributed by atoms with Gasteiger partial charge < -0.3 is 10.6 Å². The maximum atomic E-state index is 11.6. The third kappa shape index (κ3) is 2.75. The van der Waals surface area contributed by atoms with Gasteiger partial charge in [-0.2, -0.15) is 0 Å². The van der Waals surface area contributed by atoms with Gasteiger partial charge in [0.05, 0.1) is 0 Å². The minimum Gasteiger partial charge on any atom is -0.399 e. The standard InChI is InChI=1S/C13H18N2O/c14-12-6-4-11(5-7-12)8-10-15-9-2-1-3-13(15)16/h4-7H,1-3,8-10,14H2. The molecule has 16 heavy (non-hydrogen) atoms. The third-order valence-electron chi connectivity index (χ3n) is 3.07. The Labute approximate surface area is 96.2 Å². The second kappa shape index (κ2) is 5.01. The molecule has 2 N–H and O–H groups in total. The summed E-state index contributed by atoms with van der Waals surface area (Å²) in [6.45, 7) is 1.76. The molecule has 1 amide bonds. The predicted octanol–water partition coefficient (Wildman–Crippen LogP) is 1.82. The molecule has 1 aromatic carbocycles. The Morgan fingerprint density at radius 3 is 2.62 bits per heavy atom. The molecular weight excluding hydrogens is 200 g/mol. The summed E-state index contributed by atoms with van der Waals surface area (Å²) >= 11 is 0. The molecule has 0 bridgehead atoms. The molecule has 1 saturated heterocycles. The van der Waals surface area contributed by atoms with E-state index in [1.54, 1.807) is 0 Å². The van der Waals surface area contributed by atoms with E-state index in [1.165, 1.54) is 5.56 Å². The van der Waals surface area contributed by atoms with Crippen molar-refractivity contribution in [3.05, 3.63) is 29.8 Å². The predicted molar refractivity (Wildman–Crippen MR) is 65.0 cm³/mol. The molecule has 0 spiro atoms.